The van der Waals surface area contributed by atoms with E-state index in [1.165, 1.54) is 43.4 Å². The third-order valence-corrected chi connectivity index (χ3v) is 10.7. The second-order valence-electron chi connectivity index (χ2n) is 14.0. The Balaban J connectivity index is 1.05. The van der Waals surface area contributed by atoms with Gasteiger partial charge in [0, 0.05) is 21.9 Å². The predicted molar refractivity (Wildman–Crippen MR) is 227 cm³/mol. The summed E-state index contributed by atoms with van der Waals surface area (Å²) in [6.07, 6.45) is 0. The lowest BCUT2D eigenvalue weighted by atomic mass is 9.93. The first-order chi connectivity index (χ1) is 27.2. The zero-order valence-corrected chi connectivity index (χ0v) is 29.6. The van der Waals surface area contributed by atoms with Crippen molar-refractivity contribution in [2.24, 2.45) is 0 Å². The van der Waals surface area contributed by atoms with E-state index in [2.05, 4.69) is 158 Å². The number of aromatic nitrogens is 3. The molecular weight excluding hydrogens is 671 g/mol. The van der Waals surface area contributed by atoms with E-state index in [0.29, 0.717) is 17.5 Å². The van der Waals surface area contributed by atoms with E-state index in [-0.39, 0.29) is 0 Å². The maximum absolute atomic E-state index is 6.46. The normalized spacial score (nSPS) is 11.6. The Hall–Kier alpha value is -7.43. The number of fused-ring (bicyclic) bond motifs is 7. The predicted octanol–water partition coefficient (Wildman–Crippen LogP) is 13.6. The van der Waals surface area contributed by atoms with Gasteiger partial charge in [-0.05, 0) is 72.8 Å². The van der Waals surface area contributed by atoms with Crippen molar-refractivity contribution in [2.75, 3.05) is 0 Å². The summed E-state index contributed by atoms with van der Waals surface area (Å²) in [5.41, 5.74) is 8.89. The van der Waals surface area contributed by atoms with Crippen molar-refractivity contribution >= 4 is 54.3 Å². The van der Waals surface area contributed by atoms with E-state index >= 15 is 0 Å². The molecule has 55 heavy (non-hydrogen) atoms. The monoisotopic (exact) mass is 701 g/mol. The molecule has 0 saturated heterocycles. The minimum Gasteiger partial charge on any atom is -0.455 e. The second kappa shape index (κ2) is 12.6. The van der Waals surface area contributed by atoms with Crippen LogP contribution in [0, 0.1) is 0 Å². The van der Waals surface area contributed by atoms with Crippen molar-refractivity contribution in [1.29, 1.82) is 0 Å². The molecule has 4 nitrogen and oxygen atoms in total. The third kappa shape index (κ3) is 5.26. The van der Waals surface area contributed by atoms with Gasteiger partial charge in [0.2, 0.25) is 0 Å². The number of furan rings is 1. The third-order valence-electron chi connectivity index (χ3n) is 10.7. The maximum atomic E-state index is 6.46. The highest BCUT2D eigenvalue weighted by molar-refractivity contribution is 6.14. The quantitative estimate of drug-likeness (QED) is 0.168. The summed E-state index contributed by atoms with van der Waals surface area (Å²) >= 11 is 0. The van der Waals surface area contributed by atoms with Crippen LogP contribution in [0.3, 0.4) is 0 Å². The molecule has 0 aliphatic carbocycles. The number of nitrogens with zero attached hydrogens (tertiary/aromatic N) is 3. The molecule has 0 aliphatic rings. The van der Waals surface area contributed by atoms with Crippen LogP contribution in [0.1, 0.15) is 0 Å². The van der Waals surface area contributed by atoms with Gasteiger partial charge in [-0.25, -0.2) is 15.0 Å². The van der Waals surface area contributed by atoms with Crippen LogP contribution in [0.25, 0.3) is 111 Å². The molecule has 0 atom stereocenters. The zero-order valence-electron chi connectivity index (χ0n) is 29.6. The van der Waals surface area contributed by atoms with Gasteiger partial charge >= 0.3 is 0 Å². The molecule has 9 aromatic carbocycles. The highest BCUT2D eigenvalue weighted by Crippen LogP contribution is 2.38. The first kappa shape index (κ1) is 31.1. The molecular formula is C51H31N3O. The molecule has 0 fully saturated rings. The Kier molecular flexibility index (Phi) is 7.14. The highest BCUT2D eigenvalue weighted by atomic mass is 16.3. The molecule has 0 bridgehead atoms. The molecule has 0 aliphatic heterocycles. The Morgan fingerprint density at radius 3 is 1.53 bits per heavy atom. The van der Waals surface area contributed by atoms with E-state index in [1.807, 2.05) is 30.3 Å². The number of hydrogen-bond donors (Lipinski definition) is 0. The average Bonchev–Trinajstić information content (AvgIpc) is 3.65. The molecule has 256 valence electrons. The Morgan fingerprint density at radius 2 is 0.782 bits per heavy atom. The van der Waals surface area contributed by atoms with Gasteiger partial charge in [0.15, 0.2) is 17.5 Å². The summed E-state index contributed by atoms with van der Waals surface area (Å²) in [4.78, 5) is 15.4. The molecule has 0 unspecified atom stereocenters. The fraction of sp³-hybridized carbons (Fsp3) is 0. The zero-order chi connectivity index (χ0) is 36.3. The van der Waals surface area contributed by atoms with Crippen LogP contribution in [0.15, 0.2) is 192 Å². The topological polar surface area (TPSA) is 51.8 Å². The standard InChI is InChI=1S/C51H31N3O/c1-3-14-38-32(11-1)13-9-19-39(38)33-23-27-35(28-24-33)49-52-50(54-51(53-49)45-21-10-20-44-43-18-7-8-22-47(43)55-48(44)45)36-29-25-34(26-30-36)46-31-37-12-2-4-15-40(37)41-16-5-6-17-42(41)46/h1-31H. The number of rotatable bonds is 5. The molecule has 4 heteroatoms. The molecule has 0 N–H and O–H groups in total. The summed E-state index contributed by atoms with van der Waals surface area (Å²) in [6, 6.07) is 65.9. The van der Waals surface area contributed by atoms with Gasteiger partial charge < -0.3 is 4.42 Å². The lowest BCUT2D eigenvalue weighted by Crippen LogP contribution is -2.00. The first-order valence-electron chi connectivity index (χ1n) is 18.5. The molecule has 2 heterocycles. The maximum Gasteiger partial charge on any atom is 0.167 e. The van der Waals surface area contributed by atoms with Crippen molar-refractivity contribution in [2.45, 2.75) is 0 Å². The molecule has 0 amide bonds. The molecule has 11 aromatic rings. The Bertz CT molecular complexity index is 3250. The van der Waals surface area contributed by atoms with Gasteiger partial charge in [-0.15, -0.1) is 0 Å². The SMILES string of the molecule is c1ccc2c(-c3ccc(-c4nc(-c5ccc(-c6cc7ccccc7c7ccccc67)cc5)nc(-c5cccc6c5oc5ccccc56)n4)cc3)cccc2c1. The van der Waals surface area contributed by atoms with E-state index < -0.39 is 0 Å². The number of benzene rings is 9. The van der Waals surface area contributed by atoms with Crippen LogP contribution < -0.4 is 0 Å². The lowest BCUT2D eigenvalue weighted by Gasteiger charge is -2.12. The fourth-order valence-corrected chi connectivity index (χ4v) is 8.05. The average molecular weight is 702 g/mol. The van der Waals surface area contributed by atoms with E-state index in [9.17, 15) is 0 Å². The van der Waals surface area contributed by atoms with Gasteiger partial charge in [-0.1, -0.05) is 170 Å². The molecule has 11 rings (SSSR count). The summed E-state index contributed by atoms with van der Waals surface area (Å²) in [6.45, 7) is 0. The van der Waals surface area contributed by atoms with Crippen molar-refractivity contribution < 1.29 is 4.42 Å². The highest BCUT2D eigenvalue weighted by Gasteiger charge is 2.18. The van der Waals surface area contributed by atoms with Gasteiger partial charge in [-0.2, -0.15) is 0 Å². The van der Waals surface area contributed by atoms with Crippen LogP contribution in [0.4, 0.5) is 0 Å². The van der Waals surface area contributed by atoms with E-state index in [1.54, 1.807) is 0 Å². The number of hydrogen-bond acceptors (Lipinski definition) is 4. The Labute approximate surface area is 317 Å². The van der Waals surface area contributed by atoms with Crippen LogP contribution in [-0.4, -0.2) is 15.0 Å². The largest absolute Gasteiger partial charge is 0.455 e. The molecule has 2 aromatic heterocycles. The fourth-order valence-electron chi connectivity index (χ4n) is 8.05. The van der Waals surface area contributed by atoms with Gasteiger partial charge in [0.25, 0.3) is 0 Å². The minimum absolute atomic E-state index is 0.562. The van der Waals surface area contributed by atoms with Gasteiger partial charge in [0.05, 0.1) is 5.56 Å². The van der Waals surface area contributed by atoms with E-state index in [4.69, 9.17) is 19.4 Å². The van der Waals surface area contributed by atoms with Crippen molar-refractivity contribution in [1.82, 2.24) is 15.0 Å². The van der Waals surface area contributed by atoms with Crippen molar-refractivity contribution in [3.8, 4) is 56.4 Å². The summed E-state index contributed by atoms with van der Waals surface area (Å²) in [5, 5.41) is 9.49. The molecule has 0 radical (unpaired) electrons. The number of para-hydroxylation sites is 2. The Morgan fingerprint density at radius 1 is 0.291 bits per heavy atom. The summed E-state index contributed by atoms with van der Waals surface area (Å²) in [7, 11) is 0. The lowest BCUT2D eigenvalue weighted by molar-refractivity contribution is 0.669. The first-order valence-corrected chi connectivity index (χ1v) is 18.5. The summed E-state index contributed by atoms with van der Waals surface area (Å²) < 4.78 is 6.46. The molecule has 0 spiro atoms. The second-order valence-corrected chi connectivity index (χ2v) is 14.0. The van der Waals surface area contributed by atoms with Crippen LogP contribution in [-0.2, 0) is 0 Å². The van der Waals surface area contributed by atoms with Crippen LogP contribution in [0.2, 0.25) is 0 Å². The van der Waals surface area contributed by atoms with Gasteiger partial charge in [-0.3, -0.25) is 0 Å². The van der Waals surface area contributed by atoms with Crippen LogP contribution in [0.5, 0.6) is 0 Å². The smallest absolute Gasteiger partial charge is 0.167 e. The van der Waals surface area contributed by atoms with Crippen molar-refractivity contribution in [3.63, 3.8) is 0 Å². The van der Waals surface area contributed by atoms with Crippen LogP contribution >= 0.6 is 0 Å². The minimum atomic E-state index is 0.562. The summed E-state index contributed by atoms with van der Waals surface area (Å²) in [5.74, 6) is 1.76. The van der Waals surface area contributed by atoms with Gasteiger partial charge in [0.1, 0.15) is 11.2 Å². The van der Waals surface area contributed by atoms with E-state index in [0.717, 1.165) is 49.8 Å². The van der Waals surface area contributed by atoms with Crippen molar-refractivity contribution in [3.05, 3.63) is 188 Å². The molecule has 0 saturated carbocycles.